The van der Waals surface area contributed by atoms with Crippen LogP contribution in [-0.4, -0.2) is 82.2 Å². The number of hydrogen-bond donors (Lipinski definition) is 6. The number of fused-ring (bicyclic) bond motifs is 2. The Balaban J connectivity index is 0.000000788. The van der Waals surface area contributed by atoms with E-state index >= 15 is 0 Å². The molecule has 8 rings (SSSR count). The molecule has 4 aromatic heterocycles. The predicted molar refractivity (Wildman–Crippen MR) is 260 cm³/mol. The number of aliphatic hydroxyl groups is 6. The fourth-order valence-corrected chi connectivity index (χ4v) is 7.54. The van der Waals surface area contributed by atoms with E-state index in [0.29, 0.717) is 19.3 Å². The zero-order chi connectivity index (χ0) is 46.0. The Hall–Kier alpha value is -3.26. The zero-order valence-corrected chi connectivity index (χ0v) is 46.6. The molecular weight excluding hydrogens is 1400 g/mol. The number of thiophene rings is 1. The second-order valence-electron chi connectivity index (χ2n) is 14.8. The largest absolute Gasteiger partial charge is 0.393 e. The molecule has 0 aliphatic carbocycles. The summed E-state index contributed by atoms with van der Waals surface area (Å²) in [7, 11) is 0. The molecule has 4 heterocycles. The summed E-state index contributed by atoms with van der Waals surface area (Å²) in [5, 5.41) is 53.6. The Labute approximate surface area is 439 Å². The third-order valence-electron chi connectivity index (χ3n) is 8.17. The molecule has 0 saturated carbocycles. The van der Waals surface area contributed by atoms with Crippen molar-refractivity contribution in [3.05, 3.63) is 164 Å². The number of rotatable bonds is 9. The molecule has 6 atom stereocenters. The first-order valence-electron chi connectivity index (χ1n) is 20.8. The van der Waals surface area contributed by atoms with Crippen LogP contribution < -0.4 is 0 Å². The maximum atomic E-state index is 8.56. The van der Waals surface area contributed by atoms with Crippen molar-refractivity contribution in [1.82, 2.24) is 15.0 Å². The van der Waals surface area contributed by atoms with Crippen molar-refractivity contribution < 1.29 is 91.0 Å². The summed E-state index contributed by atoms with van der Waals surface area (Å²) in [6.07, 6.45) is 2.77. The van der Waals surface area contributed by atoms with E-state index in [9.17, 15) is 0 Å². The molecule has 6 unspecified atom stereocenters. The van der Waals surface area contributed by atoms with Gasteiger partial charge in [-0.2, -0.15) is 11.3 Å². The van der Waals surface area contributed by atoms with Gasteiger partial charge in [-0.05, 0) is 100 Å². The second-order valence-corrected chi connectivity index (χ2v) is 16.9. The van der Waals surface area contributed by atoms with Gasteiger partial charge in [-0.3, -0.25) is 4.98 Å². The summed E-state index contributed by atoms with van der Waals surface area (Å²) < 4.78 is 2.49. The molecule has 66 heavy (non-hydrogen) atoms. The van der Waals surface area contributed by atoms with Crippen LogP contribution in [-0.2, 0) is 60.3 Å². The van der Waals surface area contributed by atoms with Crippen LogP contribution in [0.5, 0.6) is 0 Å². The molecule has 0 aliphatic rings. The Morgan fingerprint density at radius 2 is 0.879 bits per heavy atom. The van der Waals surface area contributed by atoms with Crippen molar-refractivity contribution in [1.29, 1.82) is 0 Å². The SMILES string of the molecule is CC(O)CC(C)O.CC(O)CC(C)O.CC(O)CC(C)O.[Ir].[Ir].[Ir].[c-]1c(-c2ccccn2)sc2ccccc12.[c-]1ccccc1-c1ccccn1.[c-]1ccccc1-c1nc2ccccc2s1. The molecule has 6 N–H and O–H groups in total. The minimum absolute atomic E-state index is 0. The Bertz CT molecular complexity index is 2110. The second kappa shape index (κ2) is 35.8. The number of aliphatic hydroxyl groups excluding tert-OH is 6. The normalized spacial score (nSPS) is 12.6. The standard InChI is InChI=1S/2C13H8NS.C11H8N.3C5H12O2.3Ir/c1-2-7-12-10(5-1)9-13(15-12)11-6-3-4-8-14-11;1-2-6-10(7-3-1)13-14-11-8-4-5-9-12(11)15-13;1-2-6-10(7-3-1)11-8-4-5-9-12-11;3*1-4(6)3-5(2)7;;;/h1-8H;1-6,8-9H;1-6,8-9H;3*4-7H,3H2,1-2H3;;;/q3*-1;;;;;;. The van der Waals surface area contributed by atoms with Gasteiger partial charge in [0.05, 0.1) is 42.1 Å². The number of hydrogen-bond acceptors (Lipinski definition) is 11. The van der Waals surface area contributed by atoms with Crippen LogP contribution in [0.2, 0.25) is 0 Å². The van der Waals surface area contributed by atoms with E-state index in [1.54, 1.807) is 70.4 Å². The van der Waals surface area contributed by atoms with E-state index < -0.39 is 0 Å². The van der Waals surface area contributed by atoms with Crippen molar-refractivity contribution >= 4 is 43.0 Å². The van der Waals surface area contributed by atoms with Crippen LogP contribution in [0.3, 0.4) is 0 Å². The average Bonchev–Trinajstić information content (AvgIpc) is 3.90. The Morgan fingerprint density at radius 3 is 1.29 bits per heavy atom. The zero-order valence-electron chi connectivity index (χ0n) is 37.8. The van der Waals surface area contributed by atoms with E-state index in [1.807, 2.05) is 115 Å². The molecule has 0 bridgehead atoms. The maximum absolute atomic E-state index is 8.56. The van der Waals surface area contributed by atoms with Gasteiger partial charge in [-0.1, -0.05) is 48.5 Å². The summed E-state index contributed by atoms with van der Waals surface area (Å²) >= 11 is 3.44. The van der Waals surface area contributed by atoms with Crippen molar-refractivity contribution in [2.75, 3.05) is 0 Å². The van der Waals surface area contributed by atoms with Crippen molar-refractivity contribution in [3.63, 3.8) is 0 Å². The van der Waals surface area contributed by atoms with E-state index in [4.69, 9.17) is 30.6 Å². The molecule has 0 aliphatic heterocycles. The minimum Gasteiger partial charge on any atom is -0.393 e. The van der Waals surface area contributed by atoms with Gasteiger partial charge in [-0.25, -0.2) is 11.3 Å². The molecule has 0 spiro atoms. The molecule has 0 saturated heterocycles. The number of thiazole rings is 1. The van der Waals surface area contributed by atoms with E-state index in [2.05, 4.69) is 57.4 Å². The van der Waals surface area contributed by atoms with Gasteiger partial charge in [-0.15, -0.1) is 95.4 Å². The van der Waals surface area contributed by atoms with Gasteiger partial charge in [0.1, 0.15) is 0 Å². The van der Waals surface area contributed by atoms with Gasteiger partial charge in [0.15, 0.2) is 0 Å². The fourth-order valence-electron chi connectivity index (χ4n) is 5.60. The summed E-state index contributed by atoms with van der Waals surface area (Å²) in [5.41, 5.74) is 5.14. The summed E-state index contributed by atoms with van der Waals surface area (Å²) in [5.74, 6) is 0. The fraction of sp³-hybridized carbons (Fsp3) is 0.288. The smallest absolute Gasteiger partial charge is 0.0697 e. The number of benzene rings is 4. The Kier molecular flexibility index (Phi) is 34.1. The quantitative estimate of drug-likeness (QED) is 0.0774. The summed E-state index contributed by atoms with van der Waals surface area (Å²) in [6.45, 7) is 9.96. The minimum atomic E-state index is -0.375. The monoisotopic (exact) mass is 1470 g/mol. The van der Waals surface area contributed by atoms with Crippen LogP contribution in [0.15, 0.2) is 146 Å². The van der Waals surface area contributed by atoms with E-state index in [-0.39, 0.29) is 96.9 Å². The number of nitrogens with zero attached hydrogens (tertiary/aromatic N) is 3. The molecule has 361 valence electrons. The molecule has 3 radical (unpaired) electrons. The average molecular weight is 1460 g/mol. The third kappa shape index (κ3) is 26.3. The van der Waals surface area contributed by atoms with Crippen LogP contribution in [0.1, 0.15) is 60.8 Å². The molecule has 9 nitrogen and oxygen atoms in total. The van der Waals surface area contributed by atoms with Gasteiger partial charge in [0, 0.05) is 88.1 Å². The van der Waals surface area contributed by atoms with E-state index in [0.717, 1.165) is 37.9 Å². The van der Waals surface area contributed by atoms with Gasteiger partial charge < -0.3 is 40.6 Å². The predicted octanol–water partition coefficient (Wildman–Crippen LogP) is 10.5. The number of pyridine rings is 2. The first-order valence-corrected chi connectivity index (χ1v) is 22.5. The molecule has 4 aromatic carbocycles. The summed E-state index contributed by atoms with van der Waals surface area (Å²) in [4.78, 5) is 14.2. The van der Waals surface area contributed by atoms with Crippen molar-refractivity contribution in [3.8, 4) is 32.4 Å². The summed E-state index contributed by atoms with van der Waals surface area (Å²) in [6, 6.07) is 53.7. The number of aromatic nitrogens is 3. The van der Waals surface area contributed by atoms with Crippen LogP contribution in [0.4, 0.5) is 0 Å². The molecule has 0 fully saturated rings. The van der Waals surface area contributed by atoms with Gasteiger partial charge in [0.25, 0.3) is 0 Å². The van der Waals surface area contributed by atoms with Crippen molar-refractivity contribution in [2.45, 2.75) is 97.4 Å². The van der Waals surface area contributed by atoms with E-state index in [1.165, 1.54) is 14.8 Å². The van der Waals surface area contributed by atoms with Crippen LogP contribution in [0, 0.1) is 18.2 Å². The molecular formula is C52H60Ir3N3O6S2-3. The molecule has 8 aromatic rings. The van der Waals surface area contributed by atoms with Crippen molar-refractivity contribution in [2.24, 2.45) is 0 Å². The molecule has 0 amide bonds. The van der Waals surface area contributed by atoms with Gasteiger partial charge in [0.2, 0.25) is 0 Å². The van der Waals surface area contributed by atoms with Crippen LogP contribution >= 0.6 is 22.7 Å². The third-order valence-corrected chi connectivity index (χ3v) is 10.3. The van der Waals surface area contributed by atoms with Crippen LogP contribution in [0.25, 0.3) is 52.7 Å². The molecule has 14 heteroatoms. The Morgan fingerprint density at radius 1 is 0.455 bits per heavy atom. The topological polar surface area (TPSA) is 160 Å². The van der Waals surface area contributed by atoms with Gasteiger partial charge >= 0.3 is 0 Å². The first kappa shape index (κ1) is 62.7. The first-order chi connectivity index (χ1) is 30.2. The number of para-hydroxylation sites is 1. The maximum Gasteiger partial charge on any atom is 0.0697 e.